The predicted molar refractivity (Wildman–Crippen MR) is 95.3 cm³/mol. The van der Waals surface area contributed by atoms with E-state index in [4.69, 9.17) is 10.00 Å². The Kier molecular flexibility index (Phi) is 4.64. The molecule has 0 aromatic heterocycles. The van der Waals surface area contributed by atoms with Crippen molar-refractivity contribution in [3.63, 3.8) is 0 Å². The van der Waals surface area contributed by atoms with Gasteiger partial charge in [-0.25, -0.2) is 4.39 Å². The van der Waals surface area contributed by atoms with Crippen LogP contribution >= 0.6 is 0 Å². The van der Waals surface area contributed by atoms with Gasteiger partial charge in [0.1, 0.15) is 11.4 Å². The van der Waals surface area contributed by atoms with E-state index in [1.807, 2.05) is 30.3 Å². The van der Waals surface area contributed by atoms with E-state index in [2.05, 4.69) is 27.2 Å². The van der Waals surface area contributed by atoms with Gasteiger partial charge in [-0.05, 0) is 53.8 Å². The monoisotopic (exact) mass is 339 g/mol. The van der Waals surface area contributed by atoms with E-state index >= 15 is 0 Å². The number of rotatable bonds is 5. The molecule has 1 heterocycles. The van der Waals surface area contributed by atoms with Crippen molar-refractivity contribution in [1.82, 2.24) is 0 Å². The van der Waals surface area contributed by atoms with Crippen LogP contribution < -0.4 is 0 Å². The van der Waals surface area contributed by atoms with Gasteiger partial charge in [0.15, 0.2) is 0 Å². The van der Waals surface area contributed by atoms with E-state index < -0.39 is 5.60 Å². The van der Waals surface area contributed by atoms with Gasteiger partial charge in [-0.1, -0.05) is 18.2 Å². The normalized spacial score (nSPS) is 19.5. The SMILES string of the molecule is C[N+](C)(C)CCC[C@@]1(c2ccc(F)cc2)OCc2cc(C#N)ccc21. The van der Waals surface area contributed by atoms with Crippen molar-refractivity contribution in [1.29, 1.82) is 5.26 Å². The summed E-state index contributed by atoms with van der Waals surface area (Å²) in [5.74, 6) is -0.247. The average Bonchev–Trinajstić information content (AvgIpc) is 2.93. The quantitative estimate of drug-likeness (QED) is 0.773. The molecule has 0 amide bonds. The Bertz CT molecular complexity index is 802. The molecule has 1 atom stereocenters. The zero-order chi connectivity index (χ0) is 18.1. The number of benzene rings is 2. The lowest BCUT2D eigenvalue weighted by molar-refractivity contribution is -0.870. The first kappa shape index (κ1) is 17.6. The molecule has 25 heavy (non-hydrogen) atoms. The van der Waals surface area contributed by atoms with Gasteiger partial charge in [0.2, 0.25) is 0 Å². The van der Waals surface area contributed by atoms with Gasteiger partial charge in [0.05, 0.1) is 45.9 Å². The number of quaternary nitrogens is 1. The molecule has 0 N–H and O–H groups in total. The average molecular weight is 339 g/mol. The highest BCUT2D eigenvalue weighted by atomic mass is 19.1. The largest absolute Gasteiger partial charge is 0.361 e. The number of halogens is 1. The minimum absolute atomic E-state index is 0.247. The Hall–Kier alpha value is -2.22. The Morgan fingerprint density at radius 1 is 1.16 bits per heavy atom. The van der Waals surface area contributed by atoms with Crippen molar-refractivity contribution >= 4 is 0 Å². The van der Waals surface area contributed by atoms with Crippen LogP contribution in [0, 0.1) is 17.1 Å². The molecule has 2 aromatic carbocycles. The molecule has 0 radical (unpaired) electrons. The second-order valence-corrected chi connectivity index (χ2v) is 7.72. The Balaban J connectivity index is 2.00. The summed E-state index contributed by atoms with van der Waals surface area (Å²) in [5, 5.41) is 9.14. The van der Waals surface area contributed by atoms with Crippen LogP contribution in [0.3, 0.4) is 0 Å². The summed E-state index contributed by atoms with van der Waals surface area (Å²) in [6.45, 7) is 1.50. The summed E-state index contributed by atoms with van der Waals surface area (Å²) in [5.41, 5.74) is 3.20. The molecule has 0 spiro atoms. The number of hydrogen-bond acceptors (Lipinski definition) is 2. The number of nitrogens with zero attached hydrogens (tertiary/aromatic N) is 2. The van der Waals surface area contributed by atoms with Crippen LogP contribution in [0.2, 0.25) is 0 Å². The second kappa shape index (κ2) is 6.59. The topological polar surface area (TPSA) is 33.0 Å². The van der Waals surface area contributed by atoms with Gasteiger partial charge < -0.3 is 9.22 Å². The molecule has 0 unspecified atom stereocenters. The van der Waals surface area contributed by atoms with Crippen LogP contribution in [0.5, 0.6) is 0 Å². The Morgan fingerprint density at radius 2 is 1.88 bits per heavy atom. The molecule has 1 aliphatic heterocycles. The Morgan fingerprint density at radius 3 is 2.52 bits per heavy atom. The molecule has 4 heteroatoms. The van der Waals surface area contributed by atoms with Crippen molar-refractivity contribution in [2.45, 2.75) is 25.0 Å². The molecule has 0 aliphatic carbocycles. The van der Waals surface area contributed by atoms with Crippen LogP contribution in [0.1, 0.15) is 35.1 Å². The van der Waals surface area contributed by atoms with Gasteiger partial charge in [0.25, 0.3) is 0 Å². The van der Waals surface area contributed by atoms with Crippen molar-refractivity contribution in [3.05, 3.63) is 70.5 Å². The van der Waals surface area contributed by atoms with Gasteiger partial charge in [-0.15, -0.1) is 0 Å². The first-order valence-electron chi connectivity index (χ1n) is 8.58. The van der Waals surface area contributed by atoms with Crippen LogP contribution in [0.4, 0.5) is 4.39 Å². The van der Waals surface area contributed by atoms with Gasteiger partial charge in [-0.2, -0.15) is 5.26 Å². The third-order valence-corrected chi connectivity index (χ3v) is 4.81. The first-order valence-corrected chi connectivity index (χ1v) is 8.58. The van der Waals surface area contributed by atoms with E-state index in [1.54, 1.807) is 0 Å². The van der Waals surface area contributed by atoms with Crippen molar-refractivity contribution in [2.24, 2.45) is 0 Å². The van der Waals surface area contributed by atoms with Crippen LogP contribution in [-0.2, 0) is 16.9 Å². The summed E-state index contributed by atoms with van der Waals surface area (Å²) < 4.78 is 20.6. The lowest BCUT2D eigenvalue weighted by Gasteiger charge is -2.32. The summed E-state index contributed by atoms with van der Waals surface area (Å²) in [4.78, 5) is 0. The standard InChI is InChI=1S/C21H24FN2O/c1-24(2,3)12-4-11-21(18-6-8-19(22)9-7-18)20-10-5-16(14-23)13-17(20)15-25-21/h5-10,13H,4,11-12,15H2,1-3H3/q+1/t21-/m0/s1. The highest BCUT2D eigenvalue weighted by Gasteiger charge is 2.41. The maximum absolute atomic E-state index is 13.4. The molecule has 0 saturated heterocycles. The highest BCUT2D eigenvalue weighted by Crippen LogP contribution is 2.45. The van der Waals surface area contributed by atoms with E-state index in [-0.39, 0.29) is 5.82 Å². The van der Waals surface area contributed by atoms with E-state index in [0.29, 0.717) is 12.2 Å². The number of fused-ring (bicyclic) bond motifs is 1. The lowest BCUT2D eigenvalue weighted by atomic mass is 9.81. The van der Waals surface area contributed by atoms with E-state index in [0.717, 1.165) is 40.6 Å². The van der Waals surface area contributed by atoms with E-state index in [1.165, 1.54) is 12.1 Å². The summed E-state index contributed by atoms with van der Waals surface area (Å²) in [6, 6.07) is 14.5. The first-order chi connectivity index (χ1) is 11.8. The molecule has 3 nitrogen and oxygen atoms in total. The summed E-state index contributed by atoms with van der Waals surface area (Å²) >= 11 is 0. The van der Waals surface area contributed by atoms with Crippen molar-refractivity contribution in [2.75, 3.05) is 27.7 Å². The van der Waals surface area contributed by atoms with Gasteiger partial charge >= 0.3 is 0 Å². The highest BCUT2D eigenvalue weighted by molar-refractivity contribution is 5.47. The summed E-state index contributed by atoms with van der Waals surface area (Å²) in [7, 11) is 6.52. The maximum atomic E-state index is 13.4. The second-order valence-electron chi connectivity index (χ2n) is 7.72. The van der Waals surface area contributed by atoms with E-state index in [9.17, 15) is 4.39 Å². The number of ether oxygens (including phenoxy) is 1. The summed E-state index contributed by atoms with van der Waals surface area (Å²) in [6.07, 6.45) is 1.81. The number of nitriles is 1. The van der Waals surface area contributed by atoms with Crippen LogP contribution in [0.25, 0.3) is 0 Å². The molecule has 130 valence electrons. The minimum atomic E-state index is -0.563. The Labute approximate surface area is 148 Å². The minimum Gasteiger partial charge on any atom is -0.361 e. The fourth-order valence-corrected chi connectivity index (χ4v) is 3.57. The molecule has 0 fully saturated rings. The fraction of sp³-hybridized carbons (Fsp3) is 0.381. The third kappa shape index (κ3) is 3.58. The van der Waals surface area contributed by atoms with Crippen molar-refractivity contribution in [3.8, 4) is 6.07 Å². The fourth-order valence-electron chi connectivity index (χ4n) is 3.57. The van der Waals surface area contributed by atoms with Crippen LogP contribution in [-0.4, -0.2) is 32.2 Å². The molecule has 2 aromatic rings. The van der Waals surface area contributed by atoms with Crippen molar-refractivity contribution < 1.29 is 13.6 Å². The van der Waals surface area contributed by atoms with Gasteiger partial charge in [-0.3, -0.25) is 0 Å². The third-order valence-electron chi connectivity index (χ3n) is 4.81. The molecule has 0 bridgehead atoms. The zero-order valence-electron chi connectivity index (χ0n) is 15.1. The van der Waals surface area contributed by atoms with Gasteiger partial charge in [0, 0.05) is 0 Å². The molecular weight excluding hydrogens is 315 g/mol. The molecule has 1 aliphatic rings. The number of hydrogen-bond donors (Lipinski definition) is 0. The smallest absolute Gasteiger partial charge is 0.123 e. The molecular formula is C21H24FN2O+. The molecule has 0 saturated carbocycles. The maximum Gasteiger partial charge on any atom is 0.123 e. The molecule has 3 rings (SSSR count). The lowest BCUT2D eigenvalue weighted by Crippen LogP contribution is -2.37. The zero-order valence-corrected chi connectivity index (χ0v) is 15.1. The van der Waals surface area contributed by atoms with Crippen LogP contribution in [0.15, 0.2) is 42.5 Å². The predicted octanol–water partition coefficient (Wildman–Crippen LogP) is 3.96.